The molecule has 0 saturated carbocycles. The number of nitrogens with zero attached hydrogens (tertiary/aromatic N) is 3. The molecule has 2 rings (SSSR count). The highest BCUT2D eigenvalue weighted by molar-refractivity contribution is 6.31. The van der Waals surface area contributed by atoms with Crippen LogP contribution in [-0.4, -0.2) is 20.7 Å². The summed E-state index contributed by atoms with van der Waals surface area (Å²) in [5.74, 6) is -0.641. The Morgan fingerprint density at radius 1 is 1.35 bits per heavy atom. The molecular formula is C11H8ClF3N4O. The predicted molar refractivity (Wildman–Crippen MR) is 65.4 cm³/mol. The maximum atomic E-state index is 12.6. The highest BCUT2D eigenvalue weighted by Crippen LogP contribution is 2.32. The molecule has 0 spiro atoms. The quantitative estimate of drug-likeness (QED) is 0.928. The fourth-order valence-electron chi connectivity index (χ4n) is 1.45. The lowest BCUT2D eigenvalue weighted by Gasteiger charge is -2.10. The van der Waals surface area contributed by atoms with Gasteiger partial charge in [-0.25, -0.2) is 0 Å². The molecule has 2 aromatic rings. The number of nitrogens with one attached hydrogen (secondary N) is 1. The number of carbonyl (C=O) groups is 1. The van der Waals surface area contributed by atoms with Crippen LogP contribution in [0, 0.1) is 0 Å². The van der Waals surface area contributed by atoms with E-state index >= 15 is 0 Å². The Balaban J connectivity index is 2.31. The van der Waals surface area contributed by atoms with Crippen LogP contribution in [-0.2, 0) is 13.2 Å². The van der Waals surface area contributed by atoms with Gasteiger partial charge in [-0.15, -0.1) is 10.2 Å². The molecule has 0 aliphatic rings. The van der Waals surface area contributed by atoms with E-state index in [4.69, 9.17) is 11.6 Å². The first-order chi connectivity index (χ1) is 9.27. The molecular weight excluding hydrogens is 297 g/mol. The van der Waals surface area contributed by atoms with Crippen LogP contribution in [0.4, 0.5) is 19.1 Å². The number of aryl methyl sites for hydroxylation is 1. The van der Waals surface area contributed by atoms with E-state index in [-0.39, 0.29) is 16.5 Å². The number of benzene rings is 1. The number of amides is 1. The summed E-state index contributed by atoms with van der Waals surface area (Å²) in [7, 11) is 1.58. The maximum absolute atomic E-state index is 12.6. The molecule has 5 nitrogen and oxygen atoms in total. The number of alkyl halides is 3. The summed E-state index contributed by atoms with van der Waals surface area (Å²) in [4.78, 5) is 11.9. The lowest BCUT2D eigenvalue weighted by Crippen LogP contribution is -2.16. The molecule has 0 saturated heterocycles. The van der Waals surface area contributed by atoms with E-state index in [1.807, 2.05) is 0 Å². The van der Waals surface area contributed by atoms with Crippen molar-refractivity contribution in [2.45, 2.75) is 6.18 Å². The van der Waals surface area contributed by atoms with Gasteiger partial charge in [0.15, 0.2) is 0 Å². The van der Waals surface area contributed by atoms with Gasteiger partial charge in [0, 0.05) is 17.6 Å². The van der Waals surface area contributed by atoms with Crippen LogP contribution in [0.25, 0.3) is 0 Å². The van der Waals surface area contributed by atoms with E-state index in [1.54, 1.807) is 7.05 Å². The highest BCUT2D eigenvalue weighted by atomic mass is 35.5. The van der Waals surface area contributed by atoms with Crippen LogP contribution in [0.15, 0.2) is 24.5 Å². The van der Waals surface area contributed by atoms with Crippen molar-refractivity contribution in [3.05, 3.63) is 40.7 Å². The van der Waals surface area contributed by atoms with Crippen molar-refractivity contribution >= 4 is 23.5 Å². The van der Waals surface area contributed by atoms with Crippen molar-refractivity contribution < 1.29 is 18.0 Å². The highest BCUT2D eigenvalue weighted by Gasteiger charge is 2.31. The summed E-state index contributed by atoms with van der Waals surface area (Å²) >= 11 is 5.60. The Morgan fingerprint density at radius 3 is 2.60 bits per heavy atom. The summed E-state index contributed by atoms with van der Waals surface area (Å²) < 4.78 is 39.3. The molecule has 1 heterocycles. The van der Waals surface area contributed by atoms with Gasteiger partial charge in [-0.3, -0.25) is 10.1 Å². The summed E-state index contributed by atoms with van der Waals surface area (Å²) in [6, 6.07) is 2.61. The van der Waals surface area contributed by atoms with Gasteiger partial charge in [0.1, 0.15) is 6.33 Å². The maximum Gasteiger partial charge on any atom is 0.416 e. The van der Waals surface area contributed by atoms with E-state index in [1.165, 1.54) is 10.9 Å². The second-order valence-electron chi connectivity index (χ2n) is 3.95. The molecule has 1 aromatic heterocycles. The summed E-state index contributed by atoms with van der Waals surface area (Å²) in [5, 5.41) is 9.29. The van der Waals surface area contributed by atoms with E-state index < -0.39 is 17.6 Å². The van der Waals surface area contributed by atoms with Crippen molar-refractivity contribution in [2.75, 3.05) is 5.32 Å². The van der Waals surface area contributed by atoms with Gasteiger partial charge in [-0.05, 0) is 18.2 Å². The lowest BCUT2D eigenvalue weighted by atomic mass is 10.1. The van der Waals surface area contributed by atoms with Crippen molar-refractivity contribution in [3.8, 4) is 0 Å². The second-order valence-corrected chi connectivity index (χ2v) is 4.38. The third-order valence-electron chi connectivity index (χ3n) is 2.42. The lowest BCUT2D eigenvalue weighted by molar-refractivity contribution is -0.137. The van der Waals surface area contributed by atoms with Gasteiger partial charge in [0.2, 0.25) is 5.95 Å². The van der Waals surface area contributed by atoms with Crippen LogP contribution in [0.2, 0.25) is 5.02 Å². The van der Waals surface area contributed by atoms with Gasteiger partial charge < -0.3 is 4.57 Å². The fourth-order valence-corrected chi connectivity index (χ4v) is 1.69. The van der Waals surface area contributed by atoms with Gasteiger partial charge in [-0.1, -0.05) is 11.6 Å². The first-order valence-electron chi connectivity index (χ1n) is 5.30. The van der Waals surface area contributed by atoms with E-state index in [0.717, 1.165) is 18.2 Å². The number of halogens is 4. The molecule has 0 aliphatic heterocycles. The third-order valence-corrected chi connectivity index (χ3v) is 2.64. The number of hydrogen-bond acceptors (Lipinski definition) is 3. The Kier molecular flexibility index (Phi) is 3.67. The summed E-state index contributed by atoms with van der Waals surface area (Å²) in [6.07, 6.45) is -3.24. The van der Waals surface area contributed by atoms with Crippen LogP contribution in [0.3, 0.4) is 0 Å². The number of hydrogen-bond donors (Lipinski definition) is 1. The zero-order valence-electron chi connectivity index (χ0n) is 10.1. The second kappa shape index (κ2) is 5.12. The third kappa shape index (κ3) is 3.08. The van der Waals surface area contributed by atoms with Crippen molar-refractivity contribution in [2.24, 2.45) is 7.05 Å². The molecule has 1 aromatic carbocycles. The molecule has 0 radical (unpaired) electrons. The largest absolute Gasteiger partial charge is 0.416 e. The van der Waals surface area contributed by atoms with Crippen molar-refractivity contribution in [1.82, 2.24) is 14.8 Å². The average molecular weight is 305 g/mol. The molecule has 20 heavy (non-hydrogen) atoms. The first-order valence-corrected chi connectivity index (χ1v) is 5.68. The topological polar surface area (TPSA) is 59.8 Å². The number of aromatic nitrogens is 3. The molecule has 0 atom stereocenters. The van der Waals surface area contributed by atoms with Crippen LogP contribution in [0.5, 0.6) is 0 Å². The number of rotatable bonds is 2. The smallest absolute Gasteiger partial charge is 0.303 e. The minimum absolute atomic E-state index is 0.114. The molecule has 0 fully saturated rings. The minimum atomic E-state index is -4.58. The Hall–Kier alpha value is -2.09. The normalized spacial score (nSPS) is 11.4. The fraction of sp³-hybridized carbons (Fsp3) is 0.182. The Morgan fingerprint density at radius 2 is 2.05 bits per heavy atom. The molecule has 1 N–H and O–H groups in total. The number of carbonyl (C=O) groups excluding carboxylic acids is 1. The van der Waals surface area contributed by atoms with Crippen molar-refractivity contribution in [1.29, 1.82) is 0 Å². The van der Waals surface area contributed by atoms with Gasteiger partial charge in [0.05, 0.1) is 5.56 Å². The summed E-state index contributed by atoms with van der Waals surface area (Å²) in [6.45, 7) is 0. The molecule has 0 aliphatic carbocycles. The zero-order chi connectivity index (χ0) is 14.9. The zero-order valence-corrected chi connectivity index (χ0v) is 10.8. The molecule has 0 bridgehead atoms. The van der Waals surface area contributed by atoms with E-state index in [0.29, 0.717) is 0 Å². The van der Waals surface area contributed by atoms with Gasteiger partial charge >= 0.3 is 6.18 Å². The Bertz CT molecular complexity index is 653. The number of anilines is 1. The first kappa shape index (κ1) is 14.3. The molecule has 1 amide bonds. The summed E-state index contributed by atoms with van der Waals surface area (Å²) in [5.41, 5.74) is -1.21. The van der Waals surface area contributed by atoms with Crippen LogP contribution < -0.4 is 5.32 Å². The van der Waals surface area contributed by atoms with E-state index in [2.05, 4.69) is 15.5 Å². The van der Waals surface area contributed by atoms with Crippen molar-refractivity contribution in [3.63, 3.8) is 0 Å². The molecule has 106 valence electrons. The predicted octanol–water partition coefficient (Wildman–Crippen LogP) is 2.74. The average Bonchev–Trinajstić information content (AvgIpc) is 2.73. The minimum Gasteiger partial charge on any atom is -0.303 e. The van der Waals surface area contributed by atoms with E-state index in [9.17, 15) is 18.0 Å². The monoisotopic (exact) mass is 304 g/mol. The molecule has 0 unspecified atom stereocenters. The molecule has 9 heteroatoms. The van der Waals surface area contributed by atoms with Crippen LogP contribution >= 0.6 is 11.6 Å². The Labute approximate surface area is 116 Å². The SMILES string of the molecule is Cn1cnnc1NC(=O)c1cc(Cl)cc(C(F)(F)F)c1. The van der Waals surface area contributed by atoms with Crippen LogP contribution in [0.1, 0.15) is 15.9 Å². The van der Waals surface area contributed by atoms with Gasteiger partial charge in [0.25, 0.3) is 5.91 Å². The van der Waals surface area contributed by atoms with Gasteiger partial charge in [-0.2, -0.15) is 13.2 Å². The standard InChI is InChI=1S/C11H8ClF3N4O/c1-19-5-16-18-10(19)17-9(20)6-2-7(11(13,14)15)4-8(12)3-6/h2-5H,1H3,(H,17,18,20).